The molecule has 2 heterocycles. The van der Waals surface area contributed by atoms with Crippen molar-refractivity contribution in [2.45, 2.75) is 81.0 Å². The van der Waals surface area contributed by atoms with Crippen molar-refractivity contribution in [1.82, 2.24) is 14.9 Å². The fourth-order valence-corrected chi connectivity index (χ4v) is 5.07. The first-order chi connectivity index (χ1) is 10.4. The number of aryl methyl sites for hydroxylation is 1. The standard InChI is InChI=1S/C16H24N4S/c1-2-6-12(7-3-1)10-11-15-17-18-16-20(15)19-13-8-4-5-9-14(13)21-16/h12,14H,1-11H2/t14-/m0/s1. The van der Waals surface area contributed by atoms with E-state index in [-0.39, 0.29) is 0 Å². The third kappa shape index (κ3) is 2.89. The summed E-state index contributed by atoms with van der Waals surface area (Å²) in [7, 11) is 0. The number of rotatable bonds is 3. The highest BCUT2D eigenvalue weighted by atomic mass is 32.2. The number of aromatic nitrogens is 3. The van der Waals surface area contributed by atoms with E-state index in [1.807, 2.05) is 16.4 Å². The maximum absolute atomic E-state index is 4.88. The summed E-state index contributed by atoms with van der Waals surface area (Å²) in [6, 6.07) is 0. The van der Waals surface area contributed by atoms with Crippen LogP contribution in [0.2, 0.25) is 0 Å². The number of thioether (sulfide) groups is 1. The van der Waals surface area contributed by atoms with Gasteiger partial charge >= 0.3 is 0 Å². The second kappa shape index (κ2) is 6.11. The zero-order chi connectivity index (χ0) is 14.1. The molecule has 0 amide bonds. The molecule has 2 saturated carbocycles. The van der Waals surface area contributed by atoms with E-state index < -0.39 is 0 Å². The summed E-state index contributed by atoms with van der Waals surface area (Å²) in [6.07, 6.45) is 14.4. The minimum absolute atomic E-state index is 0.571. The van der Waals surface area contributed by atoms with Crippen molar-refractivity contribution in [2.75, 3.05) is 0 Å². The molecule has 1 aromatic heterocycles. The van der Waals surface area contributed by atoms with Gasteiger partial charge < -0.3 is 0 Å². The van der Waals surface area contributed by atoms with E-state index in [1.54, 1.807) is 0 Å². The van der Waals surface area contributed by atoms with Gasteiger partial charge in [0.15, 0.2) is 5.82 Å². The summed E-state index contributed by atoms with van der Waals surface area (Å²) >= 11 is 1.88. The van der Waals surface area contributed by atoms with Crippen molar-refractivity contribution in [3.05, 3.63) is 5.82 Å². The Labute approximate surface area is 130 Å². The van der Waals surface area contributed by atoms with Crippen LogP contribution in [0, 0.1) is 5.92 Å². The number of hydrogen-bond donors (Lipinski definition) is 0. The second-order valence-corrected chi connectivity index (χ2v) is 7.87. The Morgan fingerprint density at radius 1 is 1.00 bits per heavy atom. The van der Waals surface area contributed by atoms with Crippen LogP contribution in [0.4, 0.5) is 0 Å². The Balaban J connectivity index is 1.46. The van der Waals surface area contributed by atoms with Gasteiger partial charge in [-0.25, -0.2) is 0 Å². The molecular formula is C16H24N4S. The molecule has 0 bridgehead atoms. The van der Waals surface area contributed by atoms with Crippen molar-refractivity contribution >= 4 is 17.5 Å². The Morgan fingerprint density at radius 3 is 2.76 bits per heavy atom. The van der Waals surface area contributed by atoms with Crippen LogP contribution in [0.5, 0.6) is 0 Å². The van der Waals surface area contributed by atoms with Gasteiger partial charge in [-0.1, -0.05) is 50.3 Å². The summed E-state index contributed by atoms with van der Waals surface area (Å²) in [6.45, 7) is 0. The molecule has 0 aromatic carbocycles. The van der Waals surface area contributed by atoms with Crippen LogP contribution in [-0.4, -0.2) is 25.8 Å². The van der Waals surface area contributed by atoms with E-state index in [1.165, 1.54) is 63.5 Å². The molecule has 1 aliphatic heterocycles. The SMILES string of the molecule is C1CCC(CCc2nnc3n2N=C2CCCC[C@@H]2S3)CC1. The lowest BCUT2D eigenvalue weighted by Gasteiger charge is -2.26. The average Bonchev–Trinajstić information content (AvgIpc) is 2.94. The third-order valence-corrected chi connectivity index (χ3v) is 6.43. The highest BCUT2D eigenvalue weighted by Crippen LogP contribution is 2.35. The van der Waals surface area contributed by atoms with Crippen LogP contribution in [0.15, 0.2) is 10.3 Å². The Morgan fingerprint density at radius 2 is 1.86 bits per heavy atom. The van der Waals surface area contributed by atoms with Crippen LogP contribution >= 0.6 is 11.8 Å². The molecule has 2 fully saturated rings. The zero-order valence-corrected chi connectivity index (χ0v) is 13.4. The monoisotopic (exact) mass is 304 g/mol. The van der Waals surface area contributed by atoms with E-state index >= 15 is 0 Å². The van der Waals surface area contributed by atoms with E-state index in [0.29, 0.717) is 5.25 Å². The molecule has 4 nitrogen and oxygen atoms in total. The van der Waals surface area contributed by atoms with E-state index in [9.17, 15) is 0 Å². The average molecular weight is 304 g/mol. The number of hydrogen-bond acceptors (Lipinski definition) is 4. The predicted octanol–water partition coefficient (Wildman–Crippen LogP) is 4.04. The van der Waals surface area contributed by atoms with Gasteiger partial charge in [-0.3, -0.25) is 0 Å². The van der Waals surface area contributed by atoms with Crippen LogP contribution in [0.3, 0.4) is 0 Å². The first-order valence-corrected chi connectivity index (χ1v) is 9.47. The quantitative estimate of drug-likeness (QED) is 0.846. The number of nitrogens with zero attached hydrogens (tertiary/aromatic N) is 4. The van der Waals surface area contributed by atoms with Gasteiger partial charge in [0.25, 0.3) is 0 Å². The minimum atomic E-state index is 0.571. The molecule has 0 radical (unpaired) electrons. The molecule has 5 heteroatoms. The molecule has 1 atom stereocenters. The molecule has 0 N–H and O–H groups in total. The molecule has 0 spiro atoms. The third-order valence-electron chi connectivity index (χ3n) is 5.17. The van der Waals surface area contributed by atoms with Gasteiger partial charge in [-0.15, -0.1) is 10.2 Å². The Hall–Kier alpha value is -0.840. The maximum Gasteiger partial charge on any atom is 0.212 e. The van der Waals surface area contributed by atoms with Crippen LogP contribution in [0.25, 0.3) is 0 Å². The minimum Gasteiger partial charge on any atom is -0.191 e. The summed E-state index contributed by atoms with van der Waals surface area (Å²) < 4.78 is 2.05. The first kappa shape index (κ1) is 13.8. The highest BCUT2D eigenvalue weighted by molar-refractivity contribution is 8.00. The van der Waals surface area contributed by atoms with E-state index in [4.69, 9.17) is 5.10 Å². The molecule has 3 aliphatic rings. The summed E-state index contributed by atoms with van der Waals surface area (Å²) in [5.74, 6) is 1.98. The van der Waals surface area contributed by atoms with Gasteiger partial charge in [0, 0.05) is 6.42 Å². The van der Waals surface area contributed by atoms with Crippen molar-refractivity contribution in [1.29, 1.82) is 0 Å². The molecule has 4 rings (SSSR count). The first-order valence-electron chi connectivity index (χ1n) is 8.59. The Kier molecular flexibility index (Phi) is 4.01. The normalized spacial score (nSPS) is 26.1. The van der Waals surface area contributed by atoms with Crippen LogP contribution < -0.4 is 0 Å². The van der Waals surface area contributed by atoms with Gasteiger partial charge in [0.1, 0.15) is 0 Å². The summed E-state index contributed by atoms with van der Waals surface area (Å²) in [4.78, 5) is 0. The smallest absolute Gasteiger partial charge is 0.191 e. The maximum atomic E-state index is 4.88. The topological polar surface area (TPSA) is 43.1 Å². The molecule has 0 unspecified atom stereocenters. The van der Waals surface area contributed by atoms with Gasteiger partial charge in [-0.05, 0) is 31.6 Å². The van der Waals surface area contributed by atoms with Crippen LogP contribution in [-0.2, 0) is 6.42 Å². The molecule has 0 saturated heterocycles. The van der Waals surface area contributed by atoms with Crippen molar-refractivity contribution in [3.63, 3.8) is 0 Å². The second-order valence-electron chi connectivity index (χ2n) is 6.70. The lowest BCUT2D eigenvalue weighted by molar-refractivity contribution is 0.336. The van der Waals surface area contributed by atoms with Crippen molar-refractivity contribution in [3.8, 4) is 0 Å². The fourth-order valence-electron chi connectivity index (χ4n) is 3.90. The molecule has 1 aromatic rings. The summed E-state index contributed by atoms with van der Waals surface area (Å²) in [5.41, 5.74) is 1.37. The Bertz CT molecular complexity index is 530. The number of fused-ring (bicyclic) bond motifs is 2. The summed E-state index contributed by atoms with van der Waals surface area (Å²) in [5, 5.41) is 15.3. The fraction of sp³-hybridized carbons (Fsp3) is 0.812. The van der Waals surface area contributed by atoms with Gasteiger partial charge in [-0.2, -0.15) is 9.78 Å². The van der Waals surface area contributed by atoms with Crippen molar-refractivity contribution < 1.29 is 0 Å². The molecule has 21 heavy (non-hydrogen) atoms. The predicted molar refractivity (Wildman–Crippen MR) is 85.9 cm³/mol. The highest BCUT2D eigenvalue weighted by Gasteiger charge is 2.29. The van der Waals surface area contributed by atoms with E-state index in [0.717, 1.165) is 29.7 Å². The van der Waals surface area contributed by atoms with Gasteiger partial charge in [0.2, 0.25) is 5.16 Å². The lowest BCUT2D eigenvalue weighted by atomic mass is 9.86. The molecule has 114 valence electrons. The van der Waals surface area contributed by atoms with Crippen LogP contribution in [0.1, 0.15) is 70.0 Å². The zero-order valence-electron chi connectivity index (χ0n) is 12.6. The lowest BCUT2D eigenvalue weighted by Crippen LogP contribution is -2.27. The molecule has 2 aliphatic carbocycles. The van der Waals surface area contributed by atoms with E-state index in [2.05, 4.69) is 10.2 Å². The molecular weight excluding hydrogens is 280 g/mol. The van der Waals surface area contributed by atoms with Crippen molar-refractivity contribution in [2.24, 2.45) is 11.0 Å². The largest absolute Gasteiger partial charge is 0.212 e. The van der Waals surface area contributed by atoms with Gasteiger partial charge in [0.05, 0.1) is 11.0 Å².